The summed E-state index contributed by atoms with van der Waals surface area (Å²) < 4.78 is 5.25. The predicted octanol–water partition coefficient (Wildman–Crippen LogP) is 3.27. The molecule has 21 heavy (non-hydrogen) atoms. The zero-order valence-electron chi connectivity index (χ0n) is 13.3. The number of ether oxygens (including phenoxy) is 1. The zero-order valence-corrected chi connectivity index (χ0v) is 13.3. The van der Waals surface area contributed by atoms with Gasteiger partial charge in [0.1, 0.15) is 5.75 Å². The largest absolute Gasteiger partial charge is 0.497 e. The third-order valence-corrected chi connectivity index (χ3v) is 5.57. The summed E-state index contributed by atoms with van der Waals surface area (Å²) in [6, 6.07) is 9.56. The van der Waals surface area contributed by atoms with Gasteiger partial charge in [0.25, 0.3) is 0 Å². The van der Waals surface area contributed by atoms with Crippen molar-refractivity contribution in [3.8, 4) is 5.75 Å². The van der Waals surface area contributed by atoms with Gasteiger partial charge in [-0.1, -0.05) is 18.6 Å². The van der Waals surface area contributed by atoms with E-state index >= 15 is 0 Å². The SMILES string of the molecule is COc1ccc([C@@H](C)N[C@H]2CCCC23CCNCC3)cc1. The van der Waals surface area contributed by atoms with Crippen molar-refractivity contribution in [1.82, 2.24) is 10.6 Å². The number of rotatable bonds is 4. The van der Waals surface area contributed by atoms with E-state index in [-0.39, 0.29) is 0 Å². The normalized spacial score (nSPS) is 25.9. The highest BCUT2D eigenvalue weighted by Crippen LogP contribution is 2.45. The van der Waals surface area contributed by atoms with E-state index < -0.39 is 0 Å². The first-order chi connectivity index (χ1) is 10.2. The standard InChI is InChI=1S/C18H28N2O/c1-14(15-5-7-16(21-2)8-6-15)20-17-4-3-9-18(17)10-12-19-13-11-18/h5-8,14,17,19-20H,3-4,9-13H2,1-2H3/t14-,17+/m1/s1. The van der Waals surface area contributed by atoms with Crippen LogP contribution in [-0.4, -0.2) is 26.2 Å². The van der Waals surface area contributed by atoms with Crippen LogP contribution in [-0.2, 0) is 0 Å². The topological polar surface area (TPSA) is 33.3 Å². The molecule has 1 aliphatic carbocycles. The van der Waals surface area contributed by atoms with Crippen LogP contribution >= 0.6 is 0 Å². The molecule has 3 heteroatoms. The Labute approximate surface area is 128 Å². The quantitative estimate of drug-likeness (QED) is 0.892. The minimum Gasteiger partial charge on any atom is -0.497 e. The van der Waals surface area contributed by atoms with E-state index in [4.69, 9.17) is 4.74 Å². The molecule has 1 spiro atoms. The molecule has 1 aliphatic heterocycles. The molecule has 0 aromatic heterocycles. The average molecular weight is 288 g/mol. The fraction of sp³-hybridized carbons (Fsp3) is 0.667. The molecule has 1 heterocycles. The van der Waals surface area contributed by atoms with Gasteiger partial charge in [-0.15, -0.1) is 0 Å². The number of nitrogens with one attached hydrogen (secondary N) is 2. The molecule has 2 fully saturated rings. The third-order valence-electron chi connectivity index (χ3n) is 5.57. The van der Waals surface area contributed by atoms with Crippen molar-refractivity contribution < 1.29 is 4.74 Å². The van der Waals surface area contributed by atoms with Gasteiger partial charge in [0.2, 0.25) is 0 Å². The monoisotopic (exact) mass is 288 g/mol. The number of methoxy groups -OCH3 is 1. The third kappa shape index (κ3) is 3.09. The van der Waals surface area contributed by atoms with Crippen molar-refractivity contribution in [2.24, 2.45) is 5.41 Å². The highest BCUT2D eigenvalue weighted by Gasteiger charge is 2.43. The van der Waals surface area contributed by atoms with Crippen LogP contribution < -0.4 is 15.4 Å². The zero-order chi connectivity index (χ0) is 14.7. The molecular formula is C18H28N2O. The second-order valence-electron chi connectivity index (χ2n) is 6.72. The Balaban J connectivity index is 1.66. The Hall–Kier alpha value is -1.06. The molecule has 0 radical (unpaired) electrons. The second kappa shape index (κ2) is 6.37. The molecule has 116 valence electrons. The highest BCUT2D eigenvalue weighted by molar-refractivity contribution is 5.29. The van der Waals surface area contributed by atoms with Crippen LogP contribution in [0.3, 0.4) is 0 Å². The summed E-state index contributed by atoms with van der Waals surface area (Å²) in [6.45, 7) is 4.67. The van der Waals surface area contributed by atoms with Crippen LogP contribution in [0.15, 0.2) is 24.3 Å². The van der Waals surface area contributed by atoms with Gasteiger partial charge >= 0.3 is 0 Å². The summed E-state index contributed by atoms with van der Waals surface area (Å²) in [7, 11) is 1.72. The van der Waals surface area contributed by atoms with E-state index in [0.717, 1.165) is 5.75 Å². The second-order valence-corrected chi connectivity index (χ2v) is 6.72. The molecule has 0 bridgehead atoms. The molecule has 1 aromatic carbocycles. The molecule has 2 N–H and O–H groups in total. The van der Waals surface area contributed by atoms with Gasteiger partial charge in [0.15, 0.2) is 0 Å². The molecule has 0 unspecified atom stereocenters. The van der Waals surface area contributed by atoms with Crippen molar-refractivity contribution in [1.29, 1.82) is 0 Å². The van der Waals surface area contributed by atoms with E-state index in [1.165, 1.54) is 50.8 Å². The lowest BCUT2D eigenvalue weighted by atomic mass is 9.74. The predicted molar refractivity (Wildman–Crippen MR) is 86.7 cm³/mol. The van der Waals surface area contributed by atoms with Crippen LogP contribution in [0.4, 0.5) is 0 Å². The number of piperidine rings is 1. The van der Waals surface area contributed by atoms with E-state index in [1.54, 1.807) is 7.11 Å². The minimum atomic E-state index is 0.408. The van der Waals surface area contributed by atoms with Crippen LogP contribution in [0.2, 0.25) is 0 Å². The smallest absolute Gasteiger partial charge is 0.118 e. The Morgan fingerprint density at radius 2 is 1.90 bits per heavy atom. The summed E-state index contributed by atoms with van der Waals surface area (Å²) in [5.74, 6) is 0.932. The molecule has 2 aliphatic rings. The van der Waals surface area contributed by atoms with Gasteiger partial charge in [-0.25, -0.2) is 0 Å². The molecular weight excluding hydrogens is 260 g/mol. The molecule has 3 rings (SSSR count). The van der Waals surface area contributed by atoms with Crippen LogP contribution in [0.1, 0.15) is 50.6 Å². The van der Waals surface area contributed by atoms with Crippen molar-refractivity contribution >= 4 is 0 Å². The summed E-state index contributed by atoms with van der Waals surface area (Å²) in [5, 5.41) is 7.44. The van der Waals surface area contributed by atoms with E-state index in [9.17, 15) is 0 Å². The maximum Gasteiger partial charge on any atom is 0.118 e. The number of benzene rings is 1. The molecule has 0 amide bonds. The first-order valence-electron chi connectivity index (χ1n) is 8.34. The summed E-state index contributed by atoms with van der Waals surface area (Å²) in [6.07, 6.45) is 6.79. The van der Waals surface area contributed by atoms with Crippen molar-refractivity contribution in [2.75, 3.05) is 20.2 Å². The average Bonchev–Trinajstić information content (AvgIpc) is 2.90. The van der Waals surface area contributed by atoms with Gasteiger partial charge in [-0.2, -0.15) is 0 Å². The Bertz CT molecular complexity index is 451. The summed E-state index contributed by atoms with van der Waals surface area (Å²) >= 11 is 0. The van der Waals surface area contributed by atoms with Gasteiger partial charge in [-0.05, 0) is 68.8 Å². The van der Waals surface area contributed by atoms with Gasteiger partial charge < -0.3 is 15.4 Å². The Kier molecular flexibility index (Phi) is 4.51. The molecule has 1 saturated carbocycles. The lowest BCUT2D eigenvalue weighted by molar-refractivity contribution is 0.152. The Morgan fingerprint density at radius 3 is 2.57 bits per heavy atom. The van der Waals surface area contributed by atoms with Gasteiger partial charge in [0.05, 0.1) is 7.11 Å². The lowest BCUT2D eigenvalue weighted by Crippen LogP contribution is -2.48. The van der Waals surface area contributed by atoms with Gasteiger partial charge in [0, 0.05) is 12.1 Å². The van der Waals surface area contributed by atoms with Crippen LogP contribution in [0.5, 0.6) is 5.75 Å². The van der Waals surface area contributed by atoms with E-state index in [1.807, 2.05) is 0 Å². The lowest BCUT2D eigenvalue weighted by Gasteiger charge is -2.41. The molecule has 1 saturated heterocycles. The van der Waals surface area contributed by atoms with E-state index in [2.05, 4.69) is 41.8 Å². The van der Waals surface area contributed by atoms with Gasteiger partial charge in [-0.3, -0.25) is 0 Å². The van der Waals surface area contributed by atoms with Crippen molar-refractivity contribution in [2.45, 2.75) is 51.1 Å². The fourth-order valence-corrected chi connectivity index (χ4v) is 4.21. The first kappa shape index (κ1) is 14.9. The number of hydrogen-bond acceptors (Lipinski definition) is 3. The summed E-state index contributed by atoms with van der Waals surface area (Å²) in [4.78, 5) is 0. The summed E-state index contributed by atoms with van der Waals surface area (Å²) in [5.41, 5.74) is 1.90. The first-order valence-corrected chi connectivity index (χ1v) is 8.34. The van der Waals surface area contributed by atoms with Crippen LogP contribution in [0.25, 0.3) is 0 Å². The molecule has 1 aromatic rings. The Morgan fingerprint density at radius 1 is 1.19 bits per heavy atom. The number of hydrogen-bond donors (Lipinski definition) is 2. The molecule has 2 atom stereocenters. The minimum absolute atomic E-state index is 0.408. The van der Waals surface area contributed by atoms with Crippen molar-refractivity contribution in [3.05, 3.63) is 29.8 Å². The highest BCUT2D eigenvalue weighted by atomic mass is 16.5. The fourth-order valence-electron chi connectivity index (χ4n) is 4.21. The maximum absolute atomic E-state index is 5.25. The van der Waals surface area contributed by atoms with E-state index in [0.29, 0.717) is 17.5 Å². The van der Waals surface area contributed by atoms with Crippen LogP contribution in [0, 0.1) is 5.41 Å². The molecule has 3 nitrogen and oxygen atoms in total. The maximum atomic E-state index is 5.25. The van der Waals surface area contributed by atoms with Crippen molar-refractivity contribution in [3.63, 3.8) is 0 Å².